The molecular weight excluding hydrogens is 312 g/mol. The number of halogens is 2. The Morgan fingerprint density at radius 3 is 2.91 bits per heavy atom. The number of ether oxygens (including phenoxy) is 3. The van der Waals surface area contributed by atoms with Crippen LogP contribution in [-0.2, 0) is 4.74 Å². The van der Waals surface area contributed by atoms with Gasteiger partial charge < -0.3 is 24.1 Å². The number of morpholine rings is 1. The van der Waals surface area contributed by atoms with Gasteiger partial charge in [0.1, 0.15) is 6.10 Å². The van der Waals surface area contributed by atoms with Crippen LogP contribution in [0.15, 0.2) is 22.7 Å². The van der Waals surface area contributed by atoms with Crippen LogP contribution in [0, 0.1) is 0 Å². The summed E-state index contributed by atoms with van der Waals surface area (Å²) in [5.41, 5.74) is 0.558. The highest BCUT2D eigenvalue weighted by atomic mass is 19.3. The van der Waals surface area contributed by atoms with Crippen LogP contribution in [0.1, 0.15) is 12.0 Å². The summed E-state index contributed by atoms with van der Waals surface area (Å²) in [4.78, 5) is 4.28. The highest BCUT2D eigenvalue weighted by molar-refractivity contribution is 5.60. The molecule has 1 saturated heterocycles. The largest absolute Gasteiger partial charge is 0.493 e. The fraction of sp³-hybridized carbons (Fsp3) is 0.429. The predicted molar refractivity (Wildman–Crippen MR) is 74.5 cm³/mol. The third-order valence-corrected chi connectivity index (χ3v) is 3.28. The van der Waals surface area contributed by atoms with Crippen molar-refractivity contribution in [3.8, 4) is 22.9 Å². The minimum absolute atomic E-state index is 0.0604. The van der Waals surface area contributed by atoms with Gasteiger partial charge >= 0.3 is 6.61 Å². The molecule has 9 heteroatoms. The van der Waals surface area contributed by atoms with Crippen molar-refractivity contribution in [1.29, 1.82) is 0 Å². The first-order valence-corrected chi connectivity index (χ1v) is 6.96. The van der Waals surface area contributed by atoms with Crippen molar-refractivity contribution in [2.75, 3.05) is 26.8 Å². The Morgan fingerprint density at radius 1 is 1.35 bits per heavy atom. The molecule has 2 heterocycles. The van der Waals surface area contributed by atoms with Crippen LogP contribution in [0.25, 0.3) is 11.4 Å². The van der Waals surface area contributed by atoms with E-state index >= 15 is 0 Å². The minimum atomic E-state index is -2.93. The maximum absolute atomic E-state index is 12.3. The second-order valence-electron chi connectivity index (χ2n) is 4.76. The van der Waals surface area contributed by atoms with Crippen LogP contribution in [0.2, 0.25) is 0 Å². The first-order chi connectivity index (χ1) is 11.2. The standard InChI is InChI=1S/C14H15F2N3O4/c1-20-10-6-8(2-3-9(10)22-14(15)16)12-18-13(23-19-12)11-7-17-4-5-21-11/h2-3,6,11,14,17H,4-5,7H2,1H3/t11-/m1/s1. The summed E-state index contributed by atoms with van der Waals surface area (Å²) in [6.07, 6.45) is -0.298. The molecule has 124 valence electrons. The minimum Gasteiger partial charge on any atom is -0.493 e. The van der Waals surface area contributed by atoms with Crippen LogP contribution < -0.4 is 14.8 Å². The molecule has 1 N–H and O–H groups in total. The molecule has 0 amide bonds. The monoisotopic (exact) mass is 327 g/mol. The molecule has 0 unspecified atom stereocenters. The van der Waals surface area contributed by atoms with Crippen molar-refractivity contribution >= 4 is 0 Å². The second-order valence-corrected chi connectivity index (χ2v) is 4.76. The second kappa shape index (κ2) is 6.88. The number of hydrogen-bond acceptors (Lipinski definition) is 7. The number of nitrogens with one attached hydrogen (secondary N) is 1. The van der Waals surface area contributed by atoms with Gasteiger partial charge in [0.05, 0.1) is 13.7 Å². The molecule has 0 bridgehead atoms. The van der Waals surface area contributed by atoms with E-state index in [1.807, 2.05) is 0 Å². The molecule has 1 aromatic carbocycles. The van der Waals surface area contributed by atoms with Crippen LogP contribution >= 0.6 is 0 Å². The Morgan fingerprint density at radius 2 is 2.22 bits per heavy atom. The molecule has 1 atom stereocenters. The summed E-state index contributed by atoms with van der Waals surface area (Å²) in [5.74, 6) is 0.773. The summed E-state index contributed by atoms with van der Waals surface area (Å²) in [5, 5.41) is 7.06. The van der Waals surface area contributed by atoms with E-state index in [9.17, 15) is 8.78 Å². The molecule has 0 spiro atoms. The Balaban J connectivity index is 1.82. The van der Waals surface area contributed by atoms with Gasteiger partial charge in [-0.15, -0.1) is 0 Å². The number of aromatic nitrogens is 2. The highest BCUT2D eigenvalue weighted by Crippen LogP contribution is 2.33. The van der Waals surface area contributed by atoms with E-state index in [-0.39, 0.29) is 17.6 Å². The van der Waals surface area contributed by atoms with E-state index in [0.29, 0.717) is 30.4 Å². The smallest absolute Gasteiger partial charge is 0.387 e. The third-order valence-electron chi connectivity index (χ3n) is 3.28. The number of alkyl halides is 2. The third kappa shape index (κ3) is 3.57. The van der Waals surface area contributed by atoms with Crippen LogP contribution in [-0.4, -0.2) is 43.6 Å². The van der Waals surface area contributed by atoms with Gasteiger partial charge in [0.15, 0.2) is 11.5 Å². The van der Waals surface area contributed by atoms with E-state index in [1.54, 1.807) is 6.07 Å². The van der Waals surface area contributed by atoms with Crippen molar-refractivity contribution in [3.05, 3.63) is 24.1 Å². The van der Waals surface area contributed by atoms with Crippen molar-refractivity contribution in [2.45, 2.75) is 12.7 Å². The molecule has 7 nitrogen and oxygen atoms in total. The molecule has 3 rings (SSSR count). The zero-order valence-electron chi connectivity index (χ0n) is 12.3. The lowest BCUT2D eigenvalue weighted by atomic mass is 10.2. The fourth-order valence-electron chi connectivity index (χ4n) is 2.21. The summed E-state index contributed by atoms with van der Waals surface area (Å²) in [6.45, 7) is -0.995. The molecule has 1 aliphatic rings. The zero-order chi connectivity index (χ0) is 16.2. The molecular formula is C14H15F2N3O4. The van der Waals surface area contributed by atoms with Crippen molar-refractivity contribution in [3.63, 3.8) is 0 Å². The Kier molecular flexibility index (Phi) is 4.68. The van der Waals surface area contributed by atoms with Crippen molar-refractivity contribution in [2.24, 2.45) is 0 Å². The van der Waals surface area contributed by atoms with Gasteiger partial charge in [0.25, 0.3) is 5.89 Å². The Labute approximate surface area is 130 Å². The van der Waals surface area contributed by atoms with E-state index < -0.39 is 6.61 Å². The molecule has 2 aromatic rings. The Bertz CT molecular complexity index is 659. The number of benzene rings is 1. The highest BCUT2D eigenvalue weighted by Gasteiger charge is 2.23. The van der Waals surface area contributed by atoms with Gasteiger partial charge in [0.2, 0.25) is 5.82 Å². The lowest BCUT2D eigenvalue weighted by molar-refractivity contribution is -0.0512. The van der Waals surface area contributed by atoms with Gasteiger partial charge in [-0.05, 0) is 18.2 Å². The summed E-state index contributed by atoms with van der Waals surface area (Å²) in [7, 11) is 1.36. The fourth-order valence-corrected chi connectivity index (χ4v) is 2.21. The number of nitrogens with zero attached hydrogens (tertiary/aromatic N) is 2. The Hall–Kier alpha value is -2.26. The predicted octanol–water partition coefficient (Wildman–Crippen LogP) is 2.01. The van der Waals surface area contributed by atoms with Crippen LogP contribution in [0.5, 0.6) is 11.5 Å². The van der Waals surface area contributed by atoms with Crippen LogP contribution in [0.4, 0.5) is 8.78 Å². The van der Waals surface area contributed by atoms with Crippen LogP contribution in [0.3, 0.4) is 0 Å². The number of hydrogen-bond donors (Lipinski definition) is 1. The molecule has 1 aliphatic heterocycles. The summed E-state index contributed by atoms with van der Waals surface area (Å²) < 4.78 is 44.8. The SMILES string of the molecule is COc1cc(-c2noc([C@H]3CNCCO3)n2)ccc1OC(F)F. The molecule has 0 aliphatic carbocycles. The normalized spacial score (nSPS) is 18.2. The summed E-state index contributed by atoms with van der Waals surface area (Å²) in [6, 6.07) is 4.43. The molecule has 23 heavy (non-hydrogen) atoms. The molecule has 0 radical (unpaired) electrons. The van der Waals surface area contributed by atoms with E-state index in [4.69, 9.17) is 14.0 Å². The quantitative estimate of drug-likeness (QED) is 0.900. The topological polar surface area (TPSA) is 78.6 Å². The average molecular weight is 327 g/mol. The van der Waals surface area contributed by atoms with Gasteiger partial charge in [0, 0.05) is 18.7 Å². The maximum atomic E-state index is 12.3. The first-order valence-electron chi connectivity index (χ1n) is 6.96. The van der Waals surface area contributed by atoms with E-state index in [0.717, 1.165) is 6.54 Å². The maximum Gasteiger partial charge on any atom is 0.387 e. The van der Waals surface area contributed by atoms with Gasteiger partial charge in [-0.25, -0.2) is 0 Å². The lowest BCUT2D eigenvalue weighted by Crippen LogP contribution is -2.33. The molecule has 1 fully saturated rings. The number of rotatable bonds is 5. The van der Waals surface area contributed by atoms with Crippen molar-refractivity contribution < 1.29 is 27.5 Å². The molecule has 0 saturated carbocycles. The van der Waals surface area contributed by atoms with Crippen molar-refractivity contribution in [1.82, 2.24) is 15.5 Å². The average Bonchev–Trinajstić information content (AvgIpc) is 3.05. The number of methoxy groups -OCH3 is 1. The van der Waals surface area contributed by atoms with E-state index in [2.05, 4.69) is 20.2 Å². The van der Waals surface area contributed by atoms with E-state index in [1.165, 1.54) is 19.2 Å². The van der Waals surface area contributed by atoms with Gasteiger partial charge in [-0.2, -0.15) is 13.8 Å². The van der Waals surface area contributed by atoms with Gasteiger partial charge in [-0.3, -0.25) is 0 Å². The van der Waals surface area contributed by atoms with Gasteiger partial charge in [-0.1, -0.05) is 5.16 Å². The summed E-state index contributed by atoms with van der Waals surface area (Å²) >= 11 is 0. The molecule has 1 aromatic heterocycles. The lowest BCUT2D eigenvalue weighted by Gasteiger charge is -2.19. The first kappa shape index (κ1) is 15.6. The zero-order valence-corrected chi connectivity index (χ0v) is 12.3.